The van der Waals surface area contributed by atoms with Crippen molar-refractivity contribution in [3.63, 3.8) is 0 Å². The van der Waals surface area contributed by atoms with Crippen LogP contribution in [0.5, 0.6) is 0 Å². The third kappa shape index (κ3) is 4.27. The second kappa shape index (κ2) is 5.98. The molecule has 0 amide bonds. The molecule has 1 saturated heterocycles. The molecule has 1 aliphatic heterocycles. The summed E-state index contributed by atoms with van der Waals surface area (Å²) in [6, 6.07) is 0.597. The van der Waals surface area contributed by atoms with Gasteiger partial charge in [-0.1, -0.05) is 34.6 Å². The minimum absolute atomic E-state index is 0.148. The number of aromatic nitrogens is 1. The summed E-state index contributed by atoms with van der Waals surface area (Å²) < 4.78 is 0. The first kappa shape index (κ1) is 16.9. The highest BCUT2D eigenvalue weighted by Gasteiger charge is 2.34. The van der Waals surface area contributed by atoms with E-state index in [1.165, 1.54) is 10.7 Å². The van der Waals surface area contributed by atoms with E-state index in [0.717, 1.165) is 19.6 Å². The Bertz CT molecular complexity index is 471. The van der Waals surface area contributed by atoms with Gasteiger partial charge in [-0.2, -0.15) is 0 Å². The van der Waals surface area contributed by atoms with E-state index < -0.39 is 0 Å². The normalized spacial score (nSPS) is 23.7. The van der Waals surface area contributed by atoms with Gasteiger partial charge in [0.2, 0.25) is 0 Å². The average molecular weight is 310 g/mol. The molecule has 1 aromatic rings. The number of piperazine rings is 1. The number of hydrogen-bond donors (Lipinski definition) is 1. The first-order valence-corrected chi connectivity index (χ1v) is 8.90. The van der Waals surface area contributed by atoms with Crippen LogP contribution in [0.15, 0.2) is 5.38 Å². The van der Waals surface area contributed by atoms with Gasteiger partial charge in [-0.25, -0.2) is 4.98 Å². The number of nitrogens with one attached hydrogen (secondary N) is 1. The fraction of sp³-hybridized carbons (Fsp3) is 0.824. The quantitative estimate of drug-likeness (QED) is 0.924. The SMILES string of the molecule is CC(C)C1CNC(C)(C)CN1Cc1nc(C(C)(C)C)cs1. The highest BCUT2D eigenvalue weighted by atomic mass is 32.1. The molecule has 0 radical (unpaired) electrons. The first-order valence-electron chi connectivity index (χ1n) is 8.02. The van der Waals surface area contributed by atoms with E-state index >= 15 is 0 Å². The van der Waals surface area contributed by atoms with Crippen LogP contribution in [0.1, 0.15) is 59.2 Å². The molecule has 120 valence electrons. The summed E-state index contributed by atoms with van der Waals surface area (Å²) in [5, 5.41) is 7.16. The Hall–Kier alpha value is -0.450. The smallest absolute Gasteiger partial charge is 0.107 e. The Balaban J connectivity index is 2.13. The van der Waals surface area contributed by atoms with Crippen LogP contribution in [-0.2, 0) is 12.0 Å². The molecule has 0 spiro atoms. The average Bonchev–Trinajstić information content (AvgIpc) is 2.75. The highest BCUT2D eigenvalue weighted by Crippen LogP contribution is 2.27. The summed E-state index contributed by atoms with van der Waals surface area (Å²) in [6.45, 7) is 19.1. The number of rotatable bonds is 3. The largest absolute Gasteiger partial charge is 0.309 e. The van der Waals surface area contributed by atoms with E-state index in [2.05, 4.69) is 64.1 Å². The van der Waals surface area contributed by atoms with Gasteiger partial charge in [0, 0.05) is 35.5 Å². The monoisotopic (exact) mass is 309 g/mol. The summed E-state index contributed by atoms with van der Waals surface area (Å²) in [5.41, 5.74) is 1.56. The fourth-order valence-corrected chi connectivity index (χ4v) is 3.97. The third-order valence-electron chi connectivity index (χ3n) is 4.29. The minimum Gasteiger partial charge on any atom is -0.309 e. The lowest BCUT2D eigenvalue weighted by Gasteiger charge is -2.46. The zero-order valence-electron chi connectivity index (χ0n) is 14.7. The van der Waals surface area contributed by atoms with Crippen molar-refractivity contribution in [3.05, 3.63) is 16.1 Å². The Morgan fingerprint density at radius 3 is 2.62 bits per heavy atom. The maximum atomic E-state index is 4.87. The molecule has 1 aliphatic rings. The second-order valence-electron chi connectivity index (χ2n) is 8.36. The van der Waals surface area contributed by atoms with Gasteiger partial charge in [0.25, 0.3) is 0 Å². The molecule has 0 aliphatic carbocycles. The van der Waals surface area contributed by atoms with Crippen molar-refractivity contribution in [2.24, 2.45) is 5.92 Å². The molecule has 1 N–H and O–H groups in total. The van der Waals surface area contributed by atoms with E-state index in [4.69, 9.17) is 4.98 Å². The van der Waals surface area contributed by atoms with E-state index in [9.17, 15) is 0 Å². The molecule has 21 heavy (non-hydrogen) atoms. The lowest BCUT2D eigenvalue weighted by atomic mass is 9.93. The van der Waals surface area contributed by atoms with Crippen LogP contribution >= 0.6 is 11.3 Å². The van der Waals surface area contributed by atoms with E-state index in [-0.39, 0.29) is 11.0 Å². The molecule has 3 nitrogen and oxygen atoms in total. The molecular weight excluding hydrogens is 278 g/mol. The zero-order valence-corrected chi connectivity index (χ0v) is 15.5. The number of thiazole rings is 1. The van der Waals surface area contributed by atoms with Crippen LogP contribution in [0.2, 0.25) is 0 Å². The number of nitrogens with zero attached hydrogens (tertiary/aromatic N) is 2. The van der Waals surface area contributed by atoms with Gasteiger partial charge in [0.1, 0.15) is 5.01 Å². The van der Waals surface area contributed by atoms with Crippen LogP contribution < -0.4 is 5.32 Å². The molecule has 2 heterocycles. The van der Waals surface area contributed by atoms with Gasteiger partial charge >= 0.3 is 0 Å². The van der Waals surface area contributed by atoms with Crippen LogP contribution in [0.25, 0.3) is 0 Å². The highest BCUT2D eigenvalue weighted by molar-refractivity contribution is 7.09. The van der Waals surface area contributed by atoms with Crippen molar-refractivity contribution in [2.75, 3.05) is 13.1 Å². The zero-order chi connectivity index (χ0) is 15.8. The molecule has 4 heteroatoms. The van der Waals surface area contributed by atoms with Gasteiger partial charge in [0.05, 0.1) is 12.2 Å². The second-order valence-corrected chi connectivity index (χ2v) is 9.30. The van der Waals surface area contributed by atoms with Crippen molar-refractivity contribution in [3.8, 4) is 0 Å². The van der Waals surface area contributed by atoms with Crippen LogP contribution in [-0.4, -0.2) is 34.6 Å². The van der Waals surface area contributed by atoms with Crippen LogP contribution in [0.3, 0.4) is 0 Å². The first-order chi connectivity index (χ1) is 9.58. The number of hydrogen-bond acceptors (Lipinski definition) is 4. The molecule has 1 aromatic heterocycles. The Morgan fingerprint density at radius 1 is 1.43 bits per heavy atom. The van der Waals surface area contributed by atoms with Crippen molar-refractivity contribution in [1.82, 2.24) is 15.2 Å². The van der Waals surface area contributed by atoms with Crippen LogP contribution in [0.4, 0.5) is 0 Å². The van der Waals surface area contributed by atoms with Crippen molar-refractivity contribution in [2.45, 2.75) is 72.0 Å². The molecule has 2 rings (SSSR count). The summed E-state index contributed by atoms with van der Waals surface area (Å²) in [7, 11) is 0. The predicted octanol–water partition coefficient (Wildman–Crippen LogP) is 3.65. The molecular formula is C17H31N3S. The molecule has 0 aromatic carbocycles. The minimum atomic E-state index is 0.148. The Kier molecular flexibility index (Phi) is 4.81. The maximum Gasteiger partial charge on any atom is 0.107 e. The molecule has 0 bridgehead atoms. The molecule has 0 saturated carbocycles. The molecule has 1 atom stereocenters. The lowest BCUT2D eigenvalue weighted by molar-refractivity contribution is 0.0626. The lowest BCUT2D eigenvalue weighted by Crippen LogP contribution is -2.62. The van der Waals surface area contributed by atoms with E-state index in [0.29, 0.717) is 12.0 Å². The molecule has 1 unspecified atom stereocenters. The van der Waals surface area contributed by atoms with E-state index in [1.807, 2.05) is 11.3 Å². The van der Waals surface area contributed by atoms with Gasteiger partial charge in [-0.15, -0.1) is 11.3 Å². The molecule has 1 fully saturated rings. The summed E-state index contributed by atoms with van der Waals surface area (Å²) >= 11 is 1.81. The van der Waals surface area contributed by atoms with E-state index in [1.54, 1.807) is 0 Å². The van der Waals surface area contributed by atoms with Crippen molar-refractivity contribution < 1.29 is 0 Å². The van der Waals surface area contributed by atoms with Gasteiger partial charge < -0.3 is 5.32 Å². The Morgan fingerprint density at radius 2 is 2.10 bits per heavy atom. The van der Waals surface area contributed by atoms with Crippen molar-refractivity contribution in [1.29, 1.82) is 0 Å². The van der Waals surface area contributed by atoms with Gasteiger partial charge in [0.15, 0.2) is 0 Å². The third-order valence-corrected chi connectivity index (χ3v) is 5.12. The predicted molar refractivity (Wildman–Crippen MR) is 91.9 cm³/mol. The van der Waals surface area contributed by atoms with Crippen molar-refractivity contribution >= 4 is 11.3 Å². The van der Waals surface area contributed by atoms with Gasteiger partial charge in [-0.05, 0) is 19.8 Å². The Labute approximate surface area is 134 Å². The summed E-state index contributed by atoms with van der Waals surface area (Å²) in [6.07, 6.45) is 0. The van der Waals surface area contributed by atoms with Crippen LogP contribution in [0, 0.1) is 5.92 Å². The summed E-state index contributed by atoms with van der Waals surface area (Å²) in [5.74, 6) is 0.663. The standard InChI is InChI=1S/C17H31N3S/c1-12(2)13-8-18-17(6,7)11-20(13)9-15-19-14(10-21-15)16(3,4)5/h10,12-13,18H,8-9,11H2,1-7H3. The maximum absolute atomic E-state index is 4.87. The van der Waals surface area contributed by atoms with Gasteiger partial charge in [-0.3, -0.25) is 4.90 Å². The summed E-state index contributed by atoms with van der Waals surface area (Å²) in [4.78, 5) is 7.49. The fourth-order valence-electron chi connectivity index (χ4n) is 2.92. The topological polar surface area (TPSA) is 28.2 Å².